The predicted molar refractivity (Wildman–Crippen MR) is 119 cm³/mol. The minimum Gasteiger partial charge on any atom is -0.507 e. The molecule has 2 aliphatic heterocycles. The molecule has 2 atom stereocenters. The van der Waals surface area contributed by atoms with Crippen LogP contribution in [0.1, 0.15) is 35.4 Å². The van der Waals surface area contributed by atoms with E-state index in [2.05, 4.69) is 4.98 Å². The van der Waals surface area contributed by atoms with Crippen LogP contribution >= 0.6 is 11.3 Å². The molecule has 0 spiro atoms. The summed E-state index contributed by atoms with van der Waals surface area (Å²) in [4.78, 5) is 31.5. The topological polar surface area (TPSA) is 86.5 Å². The number of amides is 1. The van der Waals surface area contributed by atoms with Crippen LogP contribution in [0.25, 0.3) is 5.76 Å². The Morgan fingerprint density at radius 2 is 2.22 bits per heavy atom. The maximum Gasteiger partial charge on any atom is 0.295 e. The summed E-state index contributed by atoms with van der Waals surface area (Å²) in [6.45, 7) is 3.12. The molecule has 1 aromatic carbocycles. The van der Waals surface area contributed by atoms with Crippen molar-refractivity contribution in [3.8, 4) is 5.75 Å². The number of ether oxygens (including phenoxy) is 1. The Morgan fingerprint density at radius 3 is 2.97 bits per heavy atom. The molecule has 3 aromatic rings. The second kappa shape index (κ2) is 8.27. The van der Waals surface area contributed by atoms with Gasteiger partial charge in [-0.15, -0.1) is 11.3 Å². The van der Waals surface area contributed by atoms with Crippen molar-refractivity contribution in [1.82, 2.24) is 9.88 Å². The van der Waals surface area contributed by atoms with Gasteiger partial charge in [0.1, 0.15) is 30.0 Å². The molecule has 2 aromatic heterocycles. The van der Waals surface area contributed by atoms with Gasteiger partial charge in [0, 0.05) is 29.8 Å². The smallest absolute Gasteiger partial charge is 0.295 e. The minimum atomic E-state index is -0.639. The van der Waals surface area contributed by atoms with Gasteiger partial charge < -0.3 is 14.7 Å². The fourth-order valence-electron chi connectivity index (χ4n) is 4.46. The van der Waals surface area contributed by atoms with Crippen LogP contribution in [0.4, 0.5) is 0 Å². The molecule has 5 rings (SSSR count). The lowest BCUT2D eigenvalue weighted by Gasteiger charge is -2.23. The maximum atomic E-state index is 13.1. The predicted octanol–water partition coefficient (Wildman–Crippen LogP) is 3.20. The first-order valence-electron chi connectivity index (χ1n) is 10.7. The fraction of sp³-hybridized carbons (Fsp3) is 0.292. The number of nitrogens with one attached hydrogen (secondary N) is 1. The number of H-pyrrole nitrogens is 1. The van der Waals surface area contributed by atoms with Gasteiger partial charge in [0.15, 0.2) is 0 Å². The molecular weight excluding hydrogens is 426 g/mol. The third-order valence-corrected chi connectivity index (χ3v) is 6.86. The van der Waals surface area contributed by atoms with Gasteiger partial charge in [-0.3, -0.25) is 14.6 Å². The van der Waals surface area contributed by atoms with Gasteiger partial charge in [0.25, 0.3) is 11.7 Å². The van der Waals surface area contributed by atoms with Gasteiger partial charge in [0.05, 0.1) is 18.2 Å². The number of aromatic amines is 1. The molecule has 1 fully saturated rings. The van der Waals surface area contributed by atoms with Crippen molar-refractivity contribution in [3.05, 3.63) is 76.0 Å². The van der Waals surface area contributed by atoms with Crippen molar-refractivity contribution in [2.24, 2.45) is 0 Å². The third-order valence-electron chi connectivity index (χ3n) is 5.94. The zero-order valence-corrected chi connectivity index (χ0v) is 18.5. The number of benzene rings is 1. The number of imidazole rings is 1. The lowest BCUT2D eigenvalue weighted by molar-refractivity contribution is -0.695. The summed E-state index contributed by atoms with van der Waals surface area (Å²) in [5.41, 5.74) is 1.68. The molecule has 1 amide bonds. The average Bonchev–Trinajstić information content (AvgIpc) is 3.57. The SMILES string of the molecule is CC1Cc2cc(/C(O)=C3\C(=O)C(=O)N(CCC[n+]4cc[nH]c4)C3c3cccs3)ccc2O1. The largest absolute Gasteiger partial charge is 0.507 e. The monoisotopic (exact) mass is 450 g/mol. The Balaban J connectivity index is 1.49. The quantitative estimate of drug-likeness (QED) is 0.261. The lowest BCUT2D eigenvalue weighted by atomic mass is 9.98. The van der Waals surface area contributed by atoms with Crippen LogP contribution in [-0.2, 0) is 22.6 Å². The summed E-state index contributed by atoms with van der Waals surface area (Å²) in [6.07, 6.45) is 7.12. The molecule has 7 nitrogen and oxygen atoms in total. The van der Waals surface area contributed by atoms with Gasteiger partial charge in [-0.25, -0.2) is 4.57 Å². The van der Waals surface area contributed by atoms with E-state index in [1.54, 1.807) is 11.0 Å². The second-order valence-corrected chi connectivity index (χ2v) is 9.15. The van der Waals surface area contributed by atoms with Crippen LogP contribution < -0.4 is 9.30 Å². The Hall–Kier alpha value is -3.39. The van der Waals surface area contributed by atoms with E-state index in [9.17, 15) is 14.7 Å². The molecule has 164 valence electrons. The molecule has 2 N–H and O–H groups in total. The third kappa shape index (κ3) is 3.60. The van der Waals surface area contributed by atoms with E-state index in [-0.39, 0.29) is 17.4 Å². The van der Waals surface area contributed by atoms with E-state index in [0.717, 1.165) is 22.6 Å². The minimum absolute atomic E-state index is 0.0805. The van der Waals surface area contributed by atoms with Crippen molar-refractivity contribution in [1.29, 1.82) is 0 Å². The molecule has 4 heterocycles. The summed E-state index contributed by atoms with van der Waals surface area (Å²) in [5, 5.41) is 13.1. The van der Waals surface area contributed by atoms with Crippen molar-refractivity contribution >= 4 is 28.8 Å². The Morgan fingerprint density at radius 1 is 1.34 bits per heavy atom. The highest BCUT2D eigenvalue weighted by Gasteiger charge is 2.46. The number of aliphatic hydroxyl groups is 1. The van der Waals surface area contributed by atoms with Crippen molar-refractivity contribution in [2.75, 3.05) is 6.54 Å². The first-order valence-corrected chi connectivity index (χ1v) is 11.5. The first-order chi connectivity index (χ1) is 15.5. The van der Waals surface area contributed by atoms with Crippen LogP contribution in [0.15, 0.2) is 60.0 Å². The lowest BCUT2D eigenvalue weighted by Crippen LogP contribution is -2.35. The summed E-state index contributed by atoms with van der Waals surface area (Å²) in [7, 11) is 0. The van der Waals surface area contributed by atoms with E-state index in [1.165, 1.54) is 11.3 Å². The molecule has 0 bridgehead atoms. The number of Topliss-reactive ketones (excluding diaryl/α,β-unsaturated/α-hetero) is 1. The fourth-order valence-corrected chi connectivity index (χ4v) is 5.31. The molecule has 0 radical (unpaired) electrons. The molecule has 8 heteroatoms. The zero-order chi connectivity index (χ0) is 22.2. The normalized spacial score (nSPS) is 21.7. The van der Waals surface area contributed by atoms with Gasteiger partial charge >= 0.3 is 0 Å². The highest BCUT2D eigenvalue weighted by Crippen LogP contribution is 2.42. The van der Waals surface area contributed by atoms with Crippen LogP contribution in [0.5, 0.6) is 5.75 Å². The van der Waals surface area contributed by atoms with Crippen LogP contribution in [0, 0.1) is 0 Å². The van der Waals surface area contributed by atoms with E-state index >= 15 is 0 Å². The molecular formula is C24H24N3O4S+. The number of carbonyl (C=O) groups is 2. The van der Waals surface area contributed by atoms with Gasteiger partial charge in [-0.2, -0.15) is 0 Å². The van der Waals surface area contributed by atoms with E-state index in [1.807, 2.05) is 59.9 Å². The zero-order valence-electron chi connectivity index (χ0n) is 17.7. The summed E-state index contributed by atoms with van der Waals surface area (Å²) in [6, 6.07) is 8.63. The highest BCUT2D eigenvalue weighted by atomic mass is 32.1. The number of rotatable bonds is 6. The number of ketones is 1. The summed E-state index contributed by atoms with van der Waals surface area (Å²) in [5.74, 6) is -0.541. The van der Waals surface area contributed by atoms with Crippen molar-refractivity contribution in [3.63, 3.8) is 0 Å². The van der Waals surface area contributed by atoms with Crippen LogP contribution in [0.2, 0.25) is 0 Å². The highest BCUT2D eigenvalue weighted by molar-refractivity contribution is 7.10. The van der Waals surface area contributed by atoms with E-state index < -0.39 is 17.7 Å². The number of thiophene rings is 1. The van der Waals surface area contributed by atoms with Gasteiger partial charge in [-0.1, -0.05) is 6.07 Å². The number of carbonyl (C=O) groups excluding carboxylic acids is 2. The number of fused-ring (bicyclic) bond motifs is 1. The number of nitrogens with zero attached hydrogens (tertiary/aromatic N) is 2. The first kappa shape index (κ1) is 20.5. The van der Waals surface area contributed by atoms with E-state index in [0.29, 0.717) is 25.1 Å². The molecule has 0 saturated carbocycles. The van der Waals surface area contributed by atoms with Gasteiger partial charge in [-0.05, 0) is 42.1 Å². The number of aryl methyl sites for hydroxylation is 1. The molecule has 1 saturated heterocycles. The van der Waals surface area contributed by atoms with Crippen molar-refractivity contribution in [2.45, 2.75) is 38.5 Å². The molecule has 2 unspecified atom stereocenters. The number of hydrogen-bond acceptors (Lipinski definition) is 5. The molecule has 2 aliphatic rings. The summed E-state index contributed by atoms with van der Waals surface area (Å²) >= 11 is 1.47. The van der Waals surface area contributed by atoms with Crippen molar-refractivity contribution < 1.29 is 24.0 Å². The average molecular weight is 451 g/mol. The standard InChI is InChI=1S/C24H23N3O4S/c1-15-12-17-13-16(5-6-18(17)31-15)22(28)20-21(19-4-2-11-32-19)27(24(30)23(20)29)9-3-8-26-10-7-25-14-26/h2,4-7,10-11,13-15,21H,3,8-9,12H2,1H3,(H,28,29)/p+1. The van der Waals surface area contributed by atoms with E-state index in [4.69, 9.17) is 4.74 Å². The van der Waals surface area contributed by atoms with Crippen LogP contribution in [-0.4, -0.2) is 39.3 Å². The van der Waals surface area contributed by atoms with Crippen LogP contribution in [0.3, 0.4) is 0 Å². The number of aromatic nitrogens is 2. The maximum absolute atomic E-state index is 13.1. The van der Waals surface area contributed by atoms with Gasteiger partial charge in [0.2, 0.25) is 6.33 Å². The number of hydrogen-bond donors (Lipinski definition) is 2. The Labute approximate surface area is 189 Å². The summed E-state index contributed by atoms with van der Waals surface area (Å²) < 4.78 is 7.74. The number of aliphatic hydroxyl groups excluding tert-OH is 1. The molecule has 0 aliphatic carbocycles. The molecule has 32 heavy (non-hydrogen) atoms. The Kier molecular flexibility index (Phi) is 5.30. The second-order valence-electron chi connectivity index (χ2n) is 8.17. The number of likely N-dealkylation sites (tertiary alicyclic amines) is 1. The Bertz CT molecular complexity index is 1180.